The van der Waals surface area contributed by atoms with Crippen LogP contribution in [-0.4, -0.2) is 54.8 Å². The maximum atomic E-state index is 13.1. The van der Waals surface area contributed by atoms with E-state index in [1.54, 1.807) is 4.90 Å². The number of amides is 1. The molecule has 8 heteroatoms. The van der Waals surface area contributed by atoms with Gasteiger partial charge in [0.25, 0.3) is 5.91 Å². The van der Waals surface area contributed by atoms with Crippen molar-refractivity contribution in [3.05, 3.63) is 59.2 Å². The number of hydrogen-bond acceptors (Lipinski definition) is 7. The molecule has 0 saturated carbocycles. The van der Waals surface area contributed by atoms with Crippen molar-refractivity contribution in [2.75, 3.05) is 30.4 Å². The largest absolute Gasteiger partial charge is 0.385 e. The summed E-state index contributed by atoms with van der Waals surface area (Å²) in [5, 5.41) is 30.8. The number of aliphatic hydroxyl groups is 2. The third-order valence-electron chi connectivity index (χ3n) is 6.35. The van der Waals surface area contributed by atoms with Crippen LogP contribution in [0.1, 0.15) is 43.6 Å². The van der Waals surface area contributed by atoms with Crippen molar-refractivity contribution in [1.82, 2.24) is 10.6 Å². The van der Waals surface area contributed by atoms with Gasteiger partial charge in [0.05, 0.1) is 12.8 Å². The van der Waals surface area contributed by atoms with Crippen molar-refractivity contribution in [3.63, 3.8) is 0 Å². The SMILES string of the molecule is CNC1NCc2cc(NC(O)[C@H](O)[C@H]3OCCN(c4ccc(C(C)(C)C)cc4)C3=O)ccc21. The summed E-state index contributed by atoms with van der Waals surface area (Å²) in [5.41, 5.74) is 4.86. The molecule has 0 spiro atoms. The van der Waals surface area contributed by atoms with E-state index in [1.807, 2.05) is 49.5 Å². The lowest BCUT2D eigenvalue weighted by Gasteiger charge is -2.36. The molecule has 2 unspecified atom stereocenters. The summed E-state index contributed by atoms with van der Waals surface area (Å²) < 4.78 is 5.58. The second-order valence-corrected chi connectivity index (χ2v) is 9.67. The first kappa shape index (κ1) is 23.7. The number of rotatable bonds is 6. The molecular weight excluding hydrogens is 420 g/mol. The van der Waals surface area contributed by atoms with E-state index in [9.17, 15) is 15.0 Å². The van der Waals surface area contributed by atoms with E-state index >= 15 is 0 Å². The summed E-state index contributed by atoms with van der Waals surface area (Å²) in [6.07, 6.45) is -3.85. The van der Waals surface area contributed by atoms with Crippen LogP contribution in [0.3, 0.4) is 0 Å². The van der Waals surface area contributed by atoms with Crippen LogP contribution in [0.15, 0.2) is 42.5 Å². The zero-order valence-electron chi connectivity index (χ0n) is 19.6. The Morgan fingerprint density at radius 2 is 1.88 bits per heavy atom. The highest BCUT2D eigenvalue weighted by molar-refractivity contribution is 5.97. The maximum Gasteiger partial charge on any atom is 0.259 e. The predicted octanol–water partition coefficient (Wildman–Crippen LogP) is 1.83. The lowest BCUT2D eigenvalue weighted by atomic mass is 9.87. The Balaban J connectivity index is 1.43. The van der Waals surface area contributed by atoms with Crippen molar-refractivity contribution < 1.29 is 19.7 Å². The molecule has 2 aromatic carbocycles. The lowest BCUT2D eigenvalue weighted by Crippen LogP contribution is -2.56. The molecule has 1 amide bonds. The van der Waals surface area contributed by atoms with Crippen molar-refractivity contribution in [3.8, 4) is 0 Å². The van der Waals surface area contributed by atoms with Crippen molar-refractivity contribution in [2.45, 2.75) is 57.3 Å². The first-order valence-electron chi connectivity index (χ1n) is 11.4. The first-order chi connectivity index (χ1) is 15.7. The van der Waals surface area contributed by atoms with Gasteiger partial charge in [0.1, 0.15) is 6.10 Å². The molecule has 0 aromatic heterocycles. The van der Waals surface area contributed by atoms with Gasteiger partial charge < -0.3 is 30.5 Å². The maximum absolute atomic E-state index is 13.1. The van der Waals surface area contributed by atoms with Gasteiger partial charge >= 0.3 is 0 Å². The summed E-state index contributed by atoms with van der Waals surface area (Å²) in [6.45, 7) is 7.79. The van der Waals surface area contributed by atoms with Gasteiger partial charge in [0, 0.05) is 24.5 Å². The zero-order chi connectivity index (χ0) is 23.8. The van der Waals surface area contributed by atoms with Crippen molar-refractivity contribution >= 4 is 17.3 Å². The smallest absolute Gasteiger partial charge is 0.259 e. The van der Waals surface area contributed by atoms with Gasteiger partial charge in [-0.25, -0.2) is 0 Å². The first-order valence-corrected chi connectivity index (χ1v) is 11.4. The molecule has 0 radical (unpaired) electrons. The Labute approximate surface area is 194 Å². The Morgan fingerprint density at radius 3 is 2.55 bits per heavy atom. The number of nitrogens with zero attached hydrogens (tertiary/aromatic N) is 1. The van der Waals surface area contributed by atoms with Gasteiger partial charge in [-0.15, -0.1) is 0 Å². The number of fused-ring (bicyclic) bond motifs is 1. The quantitative estimate of drug-likeness (QED) is 0.424. The molecule has 2 aliphatic heterocycles. The standard InChI is InChI=1S/C25H34N4O4/c1-25(2,3)16-5-8-18(9-6-16)29-11-12-33-21(24(29)32)20(30)23(31)28-17-7-10-19-15(13-17)14-27-22(19)26-4/h5-10,13,20-23,26-28,30-31H,11-12,14H2,1-4H3/t20-,21-,22?,23?/m1/s1. The minimum absolute atomic E-state index is 0.0175. The summed E-state index contributed by atoms with van der Waals surface area (Å²) in [5.74, 6) is -0.367. The highest BCUT2D eigenvalue weighted by Crippen LogP contribution is 2.28. The number of ether oxygens (including phenoxy) is 1. The predicted molar refractivity (Wildman–Crippen MR) is 128 cm³/mol. The summed E-state index contributed by atoms with van der Waals surface area (Å²) >= 11 is 0. The second kappa shape index (κ2) is 9.40. The van der Waals surface area contributed by atoms with Crippen LogP contribution in [0.4, 0.5) is 11.4 Å². The van der Waals surface area contributed by atoms with Crippen LogP contribution in [0, 0.1) is 0 Å². The number of anilines is 2. The zero-order valence-corrected chi connectivity index (χ0v) is 19.6. The summed E-state index contributed by atoms with van der Waals surface area (Å²) in [7, 11) is 1.89. The van der Waals surface area contributed by atoms with Crippen LogP contribution >= 0.6 is 0 Å². The van der Waals surface area contributed by atoms with E-state index in [0.717, 1.165) is 16.8 Å². The number of morpholine rings is 1. The molecule has 178 valence electrons. The van der Waals surface area contributed by atoms with E-state index in [0.29, 0.717) is 18.8 Å². The molecule has 5 N–H and O–H groups in total. The Morgan fingerprint density at radius 1 is 1.15 bits per heavy atom. The van der Waals surface area contributed by atoms with Gasteiger partial charge in [-0.1, -0.05) is 39.0 Å². The van der Waals surface area contributed by atoms with Crippen molar-refractivity contribution in [2.24, 2.45) is 0 Å². The van der Waals surface area contributed by atoms with Crippen LogP contribution in [0.2, 0.25) is 0 Å². The second-order valence-electron chi connectivity index (χ2n) is 9.67. The molecule has 2 aliphatic rings. The van der Waals surface area contributed by atoms with Crippen molar-refractivity contribution in [1.29, 1.82) is 0 Å². The number of carbonyl (C=O) groups is 1. The van der Waals surface area contributed by atoms with E-state index in [-0.39, 0.29) is 24.1 Å². The van der Waals surface area contributed by atoms with E-state index in [4.69, 9.17) is 4.74 Å². The van der Waals surface area contributed by atoms with E-state index in [2.05, 4.69) is 36.7 Å². The Kier molecular flexibility index (Phi) is 6.74. The third-order valence-corrected chi connectivity index (χ3v) is 6.35. The monoisotopic (exact) mass is 454 g/mol. The molecule has 2 aromatic rings. The van der Waals surface area contributed by atoms with Gasteiger partial charge in [-0.3, -0.25) is 10.1 Å². The fourth-order valence-electron chi connectivity index (χ4n) is 4.38. The molecule has 4 atom stereocenters. The molecule has 33 heavy (non-hydrogen) atoms. The molecule has 0 aliphatic carbocycles. The molecular formula is C25H34N4O4. The third kappa shape index (κ3) is 4.90. The number of carbonyl (C=O) groups excluding carboxylic acids is 1. The van der Waals surface area contributed by atoms with E-state index in [1.165, 1.54) is 5.56 Å². The highest BCUT2D eigenvalue weighted by atomic mass is 16.5. The summed E-state index contributed by atoms with van der Waals surface area (Å²) in [4.78, 5) is 14.7. The van der Waals surface area contributed by atoms with Gasteiger partial charge in [0.15, 0.2) is 12.3 Å². The molecule has 1 saturated heterocycles. The lowest BCUT2D eigenvalue weighted by molar-refractivity contribution is -0.149. The van der Waals surface area contributed by atoms with Gasteiger partial charge in [-0.05, 0) is 53.4 Å². The van der Waals surface area contributed by atoms with Gasteiger partial charge in [0.2, 0.25) is 0 Å². The number of benzene rings is 2. The van der Waals surface area contributed by atoms with Crippen LogP contribution in [0.5, 0.6) is 0 Å². The average Bonchev–Trinajstić information content (AvgIpc) is 3.20. The molecule has 0 bridgehead atoms. The Bertz CT molecular complexity index is 989. The molecule has 4 rings (SSSR count). The topological polar surface area (TPSA) is 106 Å². The number of aliphatic hydroxyl groups excluding tert-OH is 2. The minimum atomic E-state index is -1.43. The number of hydrogen-bond donors (Lipinski definition) is 5. The number of nitrogens with one attached hydrogen (secondary N) is 3. The van der Waals surface area contributed by atoms with Crippen LogP contribution in [0.25, 0.3) is 0 Å². The highest BCUT2D eigenvalue weighted by Gasteiger charge is 2.39. The van der Waals surface area contributed by atoms with Crippen LogP contribution in [-0.2, 0) is 21.5 Å². The fraction of sp³-hybridized carbons (Fsp3) is 0.480. The fourth-order valence-corrected chi connectivity index (χ4v) is 4.38. The Hall–Kier alpha value is -2.49. The average molecular weight is 455 g/mol. The molecule has 8 nitrogen and oxygen atoms in total. The molecule has 2 heterocycles. The molecule has 1 fully saturated rings. The summed E-state index contributed by atoms with van der Waals surface area (Å²) in [6, 6.07) is 13.6. The van der Waals surface area contributed by atoms with Crippen LogP contribution < -0.4 is 20.9 Å². The van der Waals surface area contributed by atoms with Gasteiger partial charge in [-0.2, -0.15) is 0 Å². The minimum Gasteiger partial charge on any atom is -0.385 e. The normalized spacial score (nSPS) is 22.7. The van der Waals surface area contributed by atoms with E-state index < -0.39 is 18.4 Å².